The highest BCUT2D eigenvalue weighted by Gasteiger charge is 2.31. The van der Waals surface area contributed by atoms with Gasteiger partial charge in [0, 0.05) is 29.9 Å². The van der Waals surface area contributed by atoms with Gasteiger partial charge in [0.15, 0.2) is 0 Å². The number of hydrogen-bond acceptors (Lipinski definition) is 3. The Kier molecular flexibility index (Phi) is 5.75. The first-order chi connectivity index (χ1) is 12.7. The van der Waals surface area contributed by atoms with E-state index in [0.717, 1.165) is 44.6 Å². The molecular formula is C21H32N4O2. The Hall–Kier alpha value is -2.08. The van der Waals surface area contributed by atoms with Crippen molar-refractivity contribution in [1.82, 2.24) is 15.5 Å². The van der Waals surface area contributed by atoms with Crippen LogP contribution in [0.4, 0.5) is 10.5 Å². The Morgan fingerprint density at radius 3 is 2.33 bits per heavy atom. The molecule has 0 saturated carbocycles. The van der Waals surface area contributed by atoms with Gasteiger partial charge >= 0.3 is 6.03 Å². The number of nitrogens with one attached hydrogen (secondary N) is 3. The number of amides is 3. The lowest BCUT2D eigenvalue weighted by Gasteiger charge is -2.23. The highest BCUT2D eigenvalue weighted by molar-refractivity contribution is 5.97. The fraction of sp³-hybridized carbons (Fsp3) is 0.619. The zero-order valence-corrected chi connectivity index (χ0v) is 16.9. The number of fused-ring (bicyclic) bond motifs is 1. The van der Waals surface area contributed by atoms with E-state index in [1.165, 1.54) is 0 Å². The predicted molar refractivity (Wildman–Crippen MR) is 108 cm³/mol. The van der Waals surface area contributed by atoms with Crippen LogP contribution in [0.2, 0.25) is 0 Å². The van der Waals surface area contributed by atoms with Crippen LogP contribution < -0.4 is 16.0 Å². The summed E-state index contributed by atoms with van der Waals surface area (Å²) in [6, 6.07) is 5.30. The molecule has 2 aliphatic heterocycles. The second-order valence-corrected chi connectivity index (χ2v) is 8.91. The number of benzene rings is 1. The zero-order chi connectivity index (χ0) is 19.6. The number of carbonyl (C=O) groups excluding carboxylic acids is 2. The summed E-state index contributed by atoms with van der Waals surface area (Å²) in [6.07, 6.45) is 2.13. The SMILES string of the molecule is Cc1ccc(C(=O)N2CC[C@@H]3CNC[C@@H]3CC2)cc1NC(=O)NC(C)(C)C. The standard InChI is InChI=1S/C21H32N4O2/c1-14-5-6-15(11-18(14)23-20(27)24-21(2,3)4)19(26)25-9-7-16-12-22-13-17(16)8-10-25/h5-6,11,16-17,22H,7-10,12-13H2,1-4H3,(H2,23,24,27)/t16-,17+. The largest absolute Gasteiger partial charge is 0.339 e. The lowest BCUT2D eigenvalue weighted by atomic mass is 9.92. The van der Waals surface area contributed by atoms with Gasteiger partial charge in [-0.25, -0.2) is 4.79 Å². The van der Waals surface area contributed by atoms with E-state index in [2.05, 4.69) is 16.0 Å². The second-order valence-electron chi connectivity index (χ2n) is 8.91. The topological polar surface area (TPSA) is 73.5 Å². The number of aryl methyl sites for hydroxylation is 1. The summed E-state index contributed by atoms with van der Waals surface area (Å²) in [4.78, 5) is 27.2. The number of urea groups is 1. The zero-order valence-electron chi connectivity index (χ0n) is 16.9. The van der Waals surface area contributed by atoms with Gasteiger partial charge in [0.2, 0.25) is 0 Å². The molecule has 0 spiro atoms. The Balaban J connectivity index is 1.69. The molecule has 27 heavy (non-hydrogen) atoms. The van der Waals surface area contributed by atoms with Crippen molar-refractivity contribution in [1.29, 1.82) is 0 Å². The van der Waals surface area contributed by atoms with E-state index < -0.39 is 0 Å². The van der Waals surface area contributed by atoms with Crippen molar-refractivity contribution in [2.24, 2.45) is 11.8 Å². The highest BCUT2D eigenvalue weighted by atomic mass is 16.2. The molecule has 0 aromatic heterocycles. The van der Waals surface area contributed by atoms with Crippen molar-refractivity contribution in [3.05, 3.63) is 29.3 Å². The van der Waals surface area contributed by atoms with Gasteiger partial charge in [-0.15, -0.1) is 0 Å². The van der Waals surface area contributed by atoms with Crippen LogP contribution in [-0.2, 0) is 0 Å². The first-order valence-electron chi connectivity index (χ1n) is 9.93. The van der Waals surface area contributed by atoms with E-state index >= 15 is 0 Å². The van der Waals surface area contributed by atoms with E-state index in [0.29, 0.717) is 23.1 Å². The molecule has 2 atom stereocenters. The summed E-state index contributed by atoms with van der Waals surface area (Å²) in [5.74, 6) is 1.44. The number of anilines is 1. The Bertz CT molecular complexity index is 697. The molecule has 1 aromatic carbocycles. The number of hydrogen-bond donors (Lipinski definition) is 3. The molecule has 2 fully saturated rings. The van der Waals surface area contributed by atoms with Gasteiger partial charge in [-0.2, -0.15) is 0 Å². The second kappa shape index (κ2) is 7.89. The van der Waals surface area contributed by atoms with Gasteiger partial charge in [-0.1, -0.05) is 6.07 Å². The van der Waals surface area contributed by atoms with Crippen molar-refractivity contribution in [3.8, 4) is 0 Å². The van der Waals surface area contributed by atoms with Crippen molar-refractivity contribution < 1.29 is 9.59 Å². The maximum atomic E-state index is 13.0. The highest BCUT2D eigenvalue weighted by Crippen LogP contribution is 2.28. The lowest BCUT2D eigenvalue weighted by Crippen LogP contribution is -2.43. The van der Waals surface area contributed by atoms with Gasteiger partial charge < -0.3 is 20.9 Å². The molecule has 2 aliphatic rings. The summed E-state index contributed by atoms with van der Waals surface area (Å²) in [5, 5.41) is 9.23. The summed E-state index contributed by atoms with van der Waals surface area (Å²) < 4.78 is 0. The molecule has 148 valence electrons. The van der Waals surface area contributed by atoms with Crippen LogP contribution in [0.1, 0.15) is 49.5 Å². The first kappa shape index (κ1) is 19.7. The van der Waals surface area contributed by atoms with Crippen LogP contribution in [0.15, 0.2) is 18.2 Å². The summed E-state index contributed by atoms with van der Waals surface area (Å²) in [7, 11) is 0. The van der Waals surface area contributed by atoms with Gasteiger partial charge in [0.25, 0.3) is 5.91 Å². The molecule has 2 heterocycles. The maximum absolute atomic E-state index is 13.0. The van der Waals surface area contributed by atoms with Crippen molar-refractivity contribution in [2.45, 2.75) is 46.1 Å². The van der Waals surface area contributed by atoms with Crippen LogP contribution >= 0.6 is 0 Å². The fourth-order valence-electron chi connectivity index (χ4n) is 3.99. The third-order valence-corrected chi connectivity index (χ3v) is 5.53. The predicted octanol–water partition coefficient (Wildman–Crippen LogP) is 2.99. The lowest BCUT2D eigenvalue weighted by molar-refractivity contribution is 0.0758. The summed E-state index contributed by atoms with van der Waals surface area (Å²) in [6.45, 7) is 11.5. The first-order valence-corrected chi connectivity index (χ1v) is 9.93. The molecule has 0 radical (unpaired) electrons. The van der Waals surface area contributed by atoms with Gasteiger partial charge in [0.05, 0.1) is 0 Å². The van der Waals surface area contributed by atoms with E-state index in [9.17, 15) is 9.59 Å². The molecule has 0 bridgehead atoms. The minimum atomic E-state index is -0.315. The van der Waals surface area contributed by atoms with Crippen molar-refractivity contribution in [3.63, 3.8) is 0 Å². The fourth-order valence-corrected chi connectivity index (χ4v) is 3.99. The average molecular weight is 373 g/mol. The molecule has 1 aromatic rings. The molecule has 6 heteroatoms. The average Bonchev–Trinajstić information content (AvgIpc) is 2.93. The quantitative estimate of drug-likeness (QED) is 0.747. The Labute approximate surface area is 162 Å². The van der Waals surface area contributed by atoms with Crippen LogP contribution in [0, 0.1) is 18.8 Å². The van der Waals surface area contributed by atoms with Crippen LogP contribution in [0.25, 0.3) is 0 Å². The normalized spacial score (nSPS) is 22.7. The number of likely N-dealkylation sites (tertiary alicyclic amines) is 1. The van der Waals surface area contributed by atoms with Gasteiger partial charge in [0.1, 0.15) is 0 Å². The molecule has 3 N–H and O–H groups in total. The third-order valence-electron chi connectivity index (χ3n) is 5.53. The Morgan fingerprint density at radius 2 is 1.74 bits per heavy atom. The van der Waals surface area contributed by atoms with E-state index in [-0.39, 0.29) is 17.5 Å². The van der Waals surface area contributed by atoms with Crippen LogP contribution in [0.5, 0.6) is 0 Å². The minimum absolute atomic E-state index is 0.0576. The van der Waals surface area contributed by atoms with E-state index in [1.54, 1.807) is 6.07 Å². The minimum Gasteiger partial charge on any atom is -0.339 e. The van der Waals surface area contributed by atoms with Crippen LogP contribution in [0.3, 0.4) is 0 Å². The van der Waals surface area contributed by atoms with Gasteiger partial charge in [-0.3, -0.25) is 4.79 Å². The third kappa shape index (κ3) is 5.01. The number of nitrogens with zero attached hydrogens (tertiary/aromatic N) is 1. The number of carbonyl (C=O) groups is 2. The molecular weight excluding hydrogens is 340 g/mol. The molecule has 0 aliphatic carbocycles. The Morgan fingerprint density at radius 1 is 1.11 bits per heavy atom. The molecule has 3 amide bonds. The van der Waals surface area contributed by atoms with Crippen LogP contribution in [-0.4, -0.2) is 48.6 Å². The summed E-state index contributed by atoms with van der Waals surface area (Å²) in [5.41, 5.74) is 1.94. The molecule has 0 unspecified atom stereocenters. The maximum Gasteiger partial charge on any atom is 0.319 e. The molecule has 2 saturated heterocycles. The monoisotopic (exact) mass is 372 g/mol. The van der Waals surface area contributed by atoms with E-state index in [4.69, 9.17) is 0 Å². The molecule has 3 rings (SSSR count). The van der Waals surface area contributed by atoms with Crippen molar-refractivity contribution in [2.75, 3.05) is 31.5 Å². The van der Waals surface area contributed by atoms with Crippen molar-refractivity contribution >= 4 is 17.6 Å². The smallest absolute Gasteiger partial charge is 0.319 e. The van der Waals surface area contributed by atoms with Gasteiger partial charge in [-0.05, 0) is 83.2 Å². The summed E-state index contributed by atoms with van der Waals surface area (Å²) >= 11 is 0. The molecule has 6 nitrogen and oxygen atoms in total. The van der Waals surface area contributed by atoms with E-state index in [1.807, 2.05) is 44.7 Å². The number of rotatable bonds is 2.